The number of urea groups is 1. The zero-order chi connectivity index (χ0) is 22.5. The van der Waals surface area contributed by atoms with Gasteiger partial charge in [-0.1, -0.05) is 65.9 Å². The lowest BCUT2D eigenvalue weighted by Crippen LogP contribution is -2.47. The average molecular weight is 447 g/mol. The van der Waals surface area contributed by atoms with Crippen LogP contribution in [0.4, 0.5) is 4.79 Å². The Balaban J connectivity index is 1.08. The second-order valence-corrected chi connectivity index (χ2v) is 8.74. The maximum atomic E-state index is 12.2. The highest BCUT2D eigenvalue weighted by Crippen LogP contribution is 2.27. The number of likely N-dealkylation sites (tertiary alicyclic amines) is 1. The van der Waals surface area contributed by atoms with Gasteiger partial charge >= 0.3 is 6.03 Å². The summed E-state index contributed by atoms with van der Waals surface area (Å²) in [4.78, 5) is 14.6. The third-order valence-corrected chi connectivity index (χ3v) is 6.44. The van der Waals surface area contributed by atoms with E-state index in [-0.39, 0.29) is 18.2 Å². The summed E-state index contributed by atoms with van der Waals surface area (Å²) in [6.07, 6.45) is 1.87. The molecule has 2 aromatic carbocycles. The summed E-state index contributed by atoms with van der Waals surface area (Å²) in [5.74, 6) is 0. The number of carbonyl (C=O) groups excluding carboxylic acids is 1. The van der Waals surface area contributed by atoms with E-state index in [4.69, 9.17) is 4.74 Å². The number of ether oxygens (including phenoxy) is 1. The van der Waals surface area contributed by atoms with Crippen LogP contribution in [0.5, 0.6) is 0 Å². The topological polar surface area (TPSA) is 84.3 Å². The van der Waals surface area contributed by atoms with Crippen molar-refractivity contribution in [2.24, 2.45) is 0 Å². The molecule has 1 saturated heterocycles. The number of fused-ring (bicyclic) bond motifs is 1. The van der Waals surface area contributed by atoms with E-state index < -0.39 is 0 Å². The molecular formula is C25H30N6O2. The molecule has 1 aromatic heterocycles. The van der Waals surface area contributed by atoms with Crippen molar-refractivity contribution in [2.45, 2.75) is 51.2 Å². The minimum Gasteiger partial charge on any atom is -0.365 e. The second-order valence-electron chi connectivity index (χ2n) is 8.74. The summed E-state index contributed by atoms with van der Waals surface area (Å²) in [6.45, 7) is 4.36. The zero-order valence-electron chi connectivity index (χ0n) is 18.7. The van der Waals surface area contributed by atoms with Crippen molar-refractivity contribution >= 4 is 6.03 Å². The van der Waals surface area contributed by atoms with E-state index in [2.05, 4.69) is 38.0 Å². The van der Waals surface area contributed by atoms with Gasteiger partial charge < -0.3 is 15.4 Å². The van der Waals surface area contributed by atoms with Crippen LogP contribution in [-0.4, -0.2) is 45.1 Å². The minimum atomic E-state index is -0.102. The van der Waals surface area contributed by atoms with Crippen molar-refractivity contribution in [1.82, 2.24) is 30.5 Å². The number of nitrogens with one attached hydrogen (secondary N) is 2. The van der Waals surface area contributed by atoms with E-state index in [9.17, 15) is 4.79 Å². The SMILES string of the molecule is O=C(NCc1ccccc1)NC1CCN(Cc2nnn3c2COC(c2ccccc2)C3)CC1. The Labute approximate surface area is 193 Å². The Bertz CT molecular complexity index is 1050. The van der Waals surface area contributed by atoms with Gasteiger partial charge in [0.25, 0.3) is 0 Å². The normalized spacial score (nSPS) is 19.1. The Hall–Kier alpha value is -3.23. The monoisotopic (exact) mass is 446 g/mol. The molecule has 3 heterocycles. The molecule has 0 saturated carbocycles. The number of carbonyl (C=O) groups is 1. The fraction of sp³-hybridized carbons (Fsp3) is 0.400. The summed E-state index contributed by atoms with van der Waals surface area (Å²) in [5.41, 5.74) is 4.33. The van der Waals surface area contributed by atoms with E-state index in [1.54, 1.807) is 0 Å². The number of piperidine rings is 1. The standard InChI is InChI=1S/C25H30N6O2/c32-25(26-15-19-7-3-1-4-8-19)27-21-11-13-30(14-12-21)16-22-23-18-33-24(17-31(23)29-28-22)20-9-5-2-6-10-20/h1-10,21,24H,11-18H2,(H2,26,27,32). The molecule has 3 aromatic rings. The lowest BCUT2D eigenvalue weighted by molar-refractivity contribution is -0.00216. The molecule has 1 atom stereocenters. The highest BCUT2D eigenvalue weighted by Gasteiger charge is 2.27. The van der Waals surface area contributed by atoms with E-state index in [1.165, 1.54) is 5.56 Å². The average Bonchev–Trinajstić information content (AvgIpc) is 3.27. The summed E-state index contributed by atoms with van der Waals surface area (Å²) < 4.78 is 8.11. The summed E-state index contributed by atoms with van der Waals surface area (Å²) >= 11 is 0. The van der Waals surface area contributed by atoms with Crippen molar-refractivity contribution in [3.63, 3.8) is 0 Å². The molecule has 0 spiro atoms. The maximum Gasteiger partial charge on any atom is 0.315 e. The first-order valence-electron chi connectivity index (χ1n) is 11.6. The quantitative estimate of drug-likeness (QED) is 0.608. The van der Waals surface area contributed by atoms with Crippen molar-refractivity contribution in [2.75, 3.05) is 13.1 Å². The maximum absolute atomic E-state index is 12.2. The highest BCUT2D eigenvalue weighted by molar-refractivity contribution is 5.74. The third kappa shape index (κ3) is 5.40. The number of hydrogen-bond acceptors (Lipinski definition) is 5. The molecule has 33 heavy (non-hydrogen) atoms. The molecule has 5 rings (SSSR count). The van der Waals surface area contributed by atoms with Gasteiger partial charge in [-0.25, -0.2) is 9.48 Å². The van der Waals surface area contributed by atoms with Gasteiger partial charge in [-0.3, -0.25) is 4.90 Å². The van der Waals surface area contributed by atoms with Crippen molar-refractivity contribution in [3.05, 3.63) is 83.2 Å². The van der Waals surface area contributed by atoms with Crippen molar-refractivity contribution < 1.29 is 9.53 Å². The lowest BCUT2D eigenvalue weighted by Gasteiger charge is -2.32. The molecular weight excluding hydrogens is 416 g/mol. The molecule has 172 valence electrons. The molecule has 2 aliphatic heterocycles. The fourth-order valence-electron chi connectivity index (χ4n) is 4.52. The van der Waals surface area contributed by atoms with Crippen LogP contribution in [0.15, 0.2) is 60.7 Å². The molecule has 0 radical (unpaired) electrons. The smallest absolute Gasteiger partial charge is 0.315 e. The third-order valence-electron chi connectivity index (χ3n) is 6.44. The van der Waals surface area contributed by atoms with Crippen molar-refractivity contribution in [3.8, 4) is 0 Å². The molecule has 2 aliphatic rings. The predicted molar refractivity (Wildman–Crippen MR) is 124 cm³/mol. The van der Waals surface area contributed by atoms with Crippen molar-refractivity contribution in [1.29, 1.82) is 0 Å². The van der Waals surface area contributed by atoms with Crippen LogP contribution in [0.25, 0.3) is 0 Å². The Kier molecular flexibility index (Phi) is 6.64. The van der Waals surface area contributed by atoms with Crippen LogP contribution < -0.4 is 10.6 Å². The molecule has 2 N–H and O–H groups in total. The van der Waals surface area contributed by atoms with E-state index in [0.29, 0.717) is 19.7 Å². The predicted octanol–water partition coefficient (Wildman–Crippen LogP) is 3.01. The van der Waals surface area contributed by atoms with Gasteiger partial charge in [0.2, 0.25) is 0 Å². The largest absolute Gasteiger partial charge is 0.365 e. The number of rotatable bonds is 6. The van der Waals surface area contributed by atoms with Crippen LogP contribution in [0, 0.1) is 0 Å². The van der Waals surface area contributed by atoms with Crippen LogP contribution in [0.1, 0.15) is 41.5 Å². The molecule has 1 fully saturated rings. The summed E-state index contributed by atoms with van der Waals surface area (Å²) in [6, 6.07) is 20.3. The van der Waals surface area contributed by atoms with Gasteiger partial charge in [-0.15, -0.1) is 5.10 Å². The first-order valence-corrected chi connectivity index (χ1v) is 11.6. The number of nitrogens with zero attached hydrogens (tertiary/aromatic N) is 4. The lowest BCUT2D eigenvalue weighted by atomic mass is 10.0. The van der Waals surface area contributed by atoms with Gasteiger partial charge in [-0.2, -0.15) is 0 Å². The molecule has 1 unspecified atom stereocenters. The Morgan fingerprint density at radius 2 is 1.76 bits per heavy atom. The Morgan fingerprint density at radius 3 is 2.52 bits per heavy atom. The van der Waals surface area contributed by atoms with Gasteiger partial charge in [0.1, 0.15) is 11.8 Å². The van der Waals surface area contributed by atoms with E-state index >= 15 is 0 Å². The minimum absolute atomic E-state index is 0.0168. The van der Waals surface area contributed by atoms with Crippen LogP contribution >= 0.6 is 0 Å². The highest BCUT2D eigenvalue weighted by atomic mass is 16.5. The summed E-state index contributed by atoms with van der Waals surface area (Å²) in [7, 11) is 0. The van der Waals surface area contributed by atoms with E-state index in [0.717, 1.165) is 49.4 Å². The molecule has 2 amide bonds. The molecule has 0 aliphatic carbocycles. The Morgan fingerprint density at radius 1 is 1.03 bits per heavy atom. The molecule has 8 nitrogen and oxygen atoms in total. The van der Waals surface area contributed by atoms with Gasteiger partial charge in [0, 0.05) is 32.2 Å². The number of aromatic nitrogens is 3. The van der Waals surface area contributed by atoms with Gasteiger partial charge in [0.05, 0.1) is 18.8 Å². The second kappa shape index (κ2) is 10.1. The number of hydrogen-bond donors (Lipinski definition) is 2. The van der Waals surface area contributed by atoms with Crippen LogP contribution in [0.3, 0.4) is 0 Å². The van der Waals surface area contributed by atoms with Crippen LogP contribution in [-0.2, 0) is 31.0 Å². The van der Waals surface area contributed by atoms with E-state index in [1.807, 2.05) is 53.2 Å². The first-order chi connectivity index (χ1) is 16.2. The molecule has 0 bridgehead atoms. The van der Waals surface area contributed by atoms with Gasteiger partial charge in [0.15, 0.2) is 0 Å². The number of benzene rings is 2. The van der Waals surface area contributed by atoms with Crippen LogP contribution in [0.2, 0.25) is 0 Å². The fourth-order valence-corrected chi connectivity index (χ4v) is 4.52. The first kappa shape index (κ1) is 21.6. The molecule has 8 heteroatoms. The van der Waals surface area contributed by atoms with Gasteiger partial charge in [-0.05, 0) is 24.0 Å². The summed E-state index contributed by atoms with van der Waals surface area (Å²) in [5, 5.41) is 14.9. The zero-order valence-corrected chi connectivity index (χ0v) is 18.7. The number of amides is 2.